The second kappa shape index (κ2) is 9.79. The lowest BCUT2D eigenvalue weighted by molar-refractivity contribution is -0.142. The lowest BCUT2D eigenvalue weighted by atomic mass is 9.85. The Labute approximate surface area is 206 Å². The van der Waals surface area contributed by atoms with Crippen LogP contribution in [0.15, 0.2) is 72.8 Å². The maximum Gasteiger partial charge on any atom is 0.226 e. The van der Waals surface area contributed by atoms with Gasteiger partial charge in [0.25, 0.3) is 0 Å². The quantitative estimate of drug-likeness (QED) is 0.480. The number of carbonyl (C=O) groups excluding carboxylic acids is 1. The minimum absolute atomic E-state index is 0.166. The average molecular weight is 476 g/mol. The highest BCUT2D eigenvalue weighted by Crippen LogP contribution is 2.39. The van der Waals surface area contributed by atoms with Crippen LogP contribution in [0.25, 0.3) is 11.1 Å². The second-order valence-electron chi connectivity index (χ2n) is 9.29. The van der Waals surface area contributed by atoms with E-state index in [-0.39, 0.29) is 11.9 Å². The van der Waals surface area contributed by atoms with Crippen molar-refractivity contribution in [2.24, 2.45) is 0 Å². The number of hydrogen-bond donors (Lipinski definition) is 2. The zero-order chi connectivity index (χ0) is 23.5. The Bertz CT molecular complexity index is 1150. The third-order valence-corrected chi connectivity index (χ3v) is 7.37. The van der Waals surface area contributed by atoms with Gasteiger partial charge in [0.15, 0.2) is 0 Å². The number of ether oxygens (including phenoxy) is 1. The van der Waals surface area contributed by atoms with Gasteiger partial charge in [0.2, 0.25) is 5.91 Å². The van der Waals surface area contributed by atoms with Crippen LogP contribution in [0.5, 0.6) is 0 Å². The Hall–Kier alpha value is -2.86. The number of carbonyl (C=O) groups is 1. The fourth-order valence-electron chi connectivity index (χ4n) is 4.92. The third kappa shape index (κ3) is 4.69. The SMILES string of the molecule is C[C@@]1(c2cccc(Nc3ccc(-c4ccccc4)cc3)c2Cl)CC(=O)N(C2CCOCC2)CN1. The standard InChI is InChI=1S/C28H30ClN3O2/c1-28(18-26(33)32(19-30-28)23-14-16-34-17-15-23)24-8-5-9-25(27(24)29)31-22-12-10-21(11-13-22)20-6-3-2-4-7-20/h2-13,23,30-31H,14-19H2,1H3/t28-/m0/s1. The summed E-state index contributed by atoms with van der Waals surface area (Å²) in [6, 6.07) is 24.8. The van der Waals surface area contributed by atoms with Crippen LogP contribution in [0.2, 0.25) is 5.02 Å². The average Bonchev–Trinajstić information content (AvgIpc) is 2.87. The van der Waals surface area contributed by atoms with E-state index in [1.54, 1.807) is 0 Å². The normalized spacial score (nSPS) is 21.5. The highest BCUT2D eigenvalue weighted by atomic mass is 35.5. The van der Waals surface area contributed by atoms with Crippen molar-refractivity contribution in [2.45, 2.75) is 37.8 Å². The largest absolute Gasteiger partial charge is 0.381 e. The van der Waals surface area contributed by atoms with E-state index in [0.29, 0.717) is 18.1 Å². The number of benzene rings is 3. The molecule has 3 aromatic carbocycles. The van der Waals surface area contributed by atoms with Crippen LogP contribution < -0.4 is 10.6 Å². The fourth-order valence-corrected chi connectivity index (χ4v) is 5.30. The molecule has 0 bridgehead atoms. The highest BCUT2D eigenvalue weighted by Gasteiger charge is 2.40. The maximum atomic E-state index is 13.1. The van der Waals surface area contributed by atoms with Gasteiger partial charge in [0, 0.05) is 31.4 Å². The molecule has 2 aliphatic heterocycles. The van der Waals surface area contributed by atoms with Crippen molar-refractivity contribution in [3.05, 3.63) is 83.4 Å². The summed E-state index contributed by atoms with van der Waals surface area (Å²) in [5.74, 6) is 0.166. The molecule has 2 heterocycles. The molecule has 2 N–H and O–H groups in total. The molecule has 1 atom stereocenters. The molecule has 5 nitrogen and oxygen atoms in total. The molecule has 3 aromatic rings. The molecular formula is C28H30ClN3O2. The molecule has 0 saturated carbocycles. The van der Waals surface area contributed by atoms with Crippen molar-refractivity contribution >= 4 is 28.9 Å². The summed E-state index contributed by atoms with van der Waals surface area (Å²) in [5.41, 5.74) is 4.55. The van der Waals surface area contributed by atoms with Crippen LogP contribution >= 0.6 is 11.6 Å². The van der Waals surface area contributed by atoms with E-state index in [9.17, 15) is 4.79 Å². The summed E-state index contributed by atoms with van der Waals surface area (Å²) in [5, 5.41) is 7.69. The number of rotatable bonds is 5. The van der Waals surface area contributed by atoms with Gasteiger partial charge in [-0.2, -0.15) is 0 Å². The van der Waals surface area contributed by atoms with Gasteiger partial charge in [-0.25, -0.2) is 0 Å². The molecule has 2 aliphatic rings. The van der Waals surface area contributed by atoms with Gasteiger partial charge in [-0.15, -0.1) is 0 Å². The molecule has 0 spiro atoms. The van der Waals surface area contributed by atoms with Crippen molar-refractivity contribution in [1.82, 2.24) is 10.2 Å². The van der Waals surface area contributed by atoms with E-state index >= 15 is 0 Å². The van der Waals surface area contributed by atoms with Gasteiger partial charge >= 0.3 is 0 Å². The first-order chi connectivity index (χ1) is 16.5. The van der Waals surface area contributed by atoms with Gasteiger partial charge < -0.3 is 15.0 Å². The lowest BCUT2D eigenvalue weighted by Gasteiger charge is -2.44. The van der Waals surface area contributed by atoms with Crippen molar-refractivity contribution in [2.75, 3.05) is 25.2 Å². The van der Waals surface area contributed by atoms with Crippen LogP contribution in [0.4, 0.5) is 11.4 Å². The van der Waals surface area contributed by atoms with E-state index in [2.05, 4.69) is 54.0 Å². The zero-order valence-corrected chi connectivity index (χ0v) is 20.1. The number of halogens is 1. The molecule has 0 unspecified atom stereocenters. The summed E-state index contributed by atoms with van der Waals surface area (Å²) in [6.45, 7) is 4.02. The van der Waals surface area contributed by atoms with Crippen LogP contribution in [-0.4, -0.2) is 36.7 Å². The molecule has 34 heavy (non-hydrogen) atoms. The Morgan fingerprint density at radius 1 is 0.971 bits per heavy atom. The number of nitrogens with zero attached hydrogens (tertiary/aromatic N) is 1. The predicted molar refractivity (Wildman–Crippen MR) is 137 cm³/mol. The van der Waals surface area contributed by atoms with Crippen molar-refractivity contribution in [3.63, 3.8) is 0 Å². The fraction of sp³-hybridized carbons (Fsp3) is 0.321. The van der Waals surface area contributed by atoms with Crippen molar-refractivity contribution in [1.29, 1.82) is 0 Å². The van der Waals surface area contributed by atoms with E-state index < -0.39 is 5.54 Å². The topological polar surface area (TPSA) is 53.6 Å². The number of anilines is 2. The summed E-state index contributed by atoms with van der Waals surface area (Å²) in [6.07, 6.45) is 2.17. The first kappa shape index (κ1) is 22.9. The molecule has 0 radical (unpaired) electrons. The van der Waals surface area contributed by atoms with E-state index in [0.717, 1.165) is 48.6 Å². The van der Waals surface area contributed by atoms with Crippen LogP contribution in [0.3, 0.4) is 0 Å². The van der Waals surface area contributed by atoms with Crippen molar-refractivity contribution < 1.29 is 9.53 Å². The molecule has 5 rings (SSSR count). The molecule has 0 aliphatic carbocycles. The molecule has 1 amide bonds. The Morgan fingerprint density at radius 2 is 1.68 bits per heavy atom. The Kier molecular flexibility index (Phi) is 6.59. The first-order valence-corrected chi connectivity index (χ1v) is 12.2. The van der Waals surface area contributed by atoms with Crippen LogP contribution in [0, 0.1) is 0 Å². The number of hydrogen-bond acceptors (Lipinski definition) is 4. The summed E-state index contributed by atoms with van der Waals surface area (Å²) in [7, 11) is 0. The Morgan fingerprint density at radius 3 is 2.38 bits per heavy atom. The zero-order valence-electron chi connectivity index (χ0n) is 19.4. The maximum absolute atomic E-state index is 13.1. The molecule has 176 valence electrons. The van der Waals surface area contributed by atoms with Gasteiger partial charge in [-0.1, -0.05) is 66.2 Å². The van der Waals surface area contributed by atoms with E-state index in [1.807, 2.05) is 41.3 Å². The summed E-state index contributed by atoms with van der Waals surface area (Å²) in [4.78, 5) is 15.1. The van der Waals surface area contributed by atoms with Crippen molar-refractivity contribution in [3.8, 4) is 11.1 Å². The second-order valence-corrected chi connectivity index (χ2v) is 9.66. The first-order valence-electron chi connectivity index (χ1n) is 11.9. The van der Waals surface area contributed by atoms with Gasteiger partial charge in [0.05, 0.1) is 22.9 Å². The molecular weight excluding hydrogens is 446 g/mol. The molecule has 0 aromatic heterocycles. The monoisotopic (exact) mass is 475 g/mol. The summed E-state index contributed by atoms with van der Waals surface area (Å²) < 4.78 is 5.46. The predicted octanol–water partition coefficient (Wildman–Crippen LogP) is 5.92. The number of nitrogens with one attached hydrogen (secondary N) is 2. The van der Waals surface area contributed by atoms with Crippen LogP contribution in [-0.2, 0) is 15.1 Å². The van der Waals surface area contributed by atoms with Crippen LogP contribution in [0.1, 0.15) is 31.7 Å². The summed E-state index contributed by atoms with van der Waals surface area (Å²) >= 11 is 6.90. The smallest absolute Gasteiger partial charge is 0.226 e. The molecule has 2 fully saturated rings. The lowest BCUT2D eigenvalue weighted by Crippen LogP contribution is -2.59. The van der Waals surface area contributed by atoms with Gasteiger partial charge in [-0.3, -0.25) is 10.1 Å². The third-order valence-electron chi connectivity index (χ3n) is 6.96. The highest BCUT2D eigenvalue weighted by molar-refractivity contribution is 6.34. The minimum Gasteiger partial charge on any atom is -0.381 e. The van der Waals surface area contributed by atoms with Gasteiger partial charge in [-0.05, 0) is 54.7 Å². The minimum atomic E-state index is -0.523. The Balaban J connectivity index is 1.32. The molecule has 6 heteroatoms. The number of amides is 1. The van der Waals surface area contributed by atoms with E-state index in [4.69, 9.17) is 16.3 Å². The molecule has 2 saturated heterocycles. The van der Waals surface area contributed by atoms with E-state index in [1.165, 1.54) is 5.56 Å². The van der Waals surface area contributed by atoms with Gasteiger partial charge in [0.1, 0.15) is 0 Å².